The van der Waals surface area contributed by atoms with Crippen LogP contribution in [-0.4, -0.2) is 38.5 Å². The zero-order valence-corrected chi connectivity index (χ0v) is 10.00. The average Bonchev–Trinajstić information content (AvgIpc) is 2.99. The Bertz CT molecular complexity index is 384. The van der Waals surface area contributed by atoms with Crippen molar-refractivity contribution in [1.82, 2.24) is 10.0 Å². The summed E-state index contributed by atoms with van der Waals surface area (Å²) in [5, 5.41) is 2.13. The second kappa shape index (κ2) is 4.10. The molecule has 1 aliphatic carbocycles. The van der Waals surface area contributed by atoms with Crippen LogP contribution in [0.25, 0.3) is 0 Å². The molecule has 0 bridgehead atoms. The molecule has 2 N–H and O–H groups in total. The van der Waals surface area contributed by atoms with Crippen LogP contribution in [0, 0.1) is 0 Å². The highest BCUT2D eigenvalue weighted by Gasteiger charge is 2.65. The summed E-state index contributed by atoms with van der Waals surface area (Å²) in [6, 6.07) is 0. The van der Waals surface area contributed by atoms with Crippen LogP contribution in [0.15, 0.2) is 0 Å². The van der Waals surface area contributed by atoms with Gasteiger partial charge in [0.15, 0.2) is 0 Å². The zero-order valence-electron chi connectivity index (χ0n) is 9.18. The van der Waals surface area contributed by atoms with E-state index in [1.807, 2.05) is 4.72 Å². The predicted molar refractivity (Wildman–Crippen MR) is 56.0 cm³/mol. The molecule has 1 unspecified atom stereocenters. The highest BCUT2D eigenvalue weighted by atomic mass is 32.2. The van der Waals surface area contributed by atoms with E-state index in [4.69, 9.17) is 0 Å². The van der Waals surface area contributed by atoms with Gasteiger partial charge in [0.2, 0.25) is 10.0 Å². The molecule has 2 rings (SSSR count). The summed E-state index contributed by atoms with van der Waals surface area (Å²) in [4.78, 5) is 0. The Kier molecular flexibility index (Phi) is 3.16. The molecule has 17 heavy (non-hydrogen) atoms. The minimum Gasteiger partial charge on any atom is -0.315 e. The number of nitrogens with one attached hydrogen (secondary N) is 2. The highest BCUT2D eigenvalue weighted by molar-refractivity contribution is 7.90. The fourth-order valence-corrected chi connectivity index (χ4v) is 3.85. The van der Waals surface area contributed by atoms with Gasteiger partial charge in [0.05, 0.1) is 5.25 Å². The van der Waals surface area contributed by atoms with E-state index in [1.54, 1.807) is 0 Å². The Morgan fingerprint density at radius 2 is 1.94 bits per heavy atom. The molecule has 1 atom stereocenters. The van der Waals surface area contributed by atoms with E-state index >= 15 is 0 Å². The number of alkyl halides is 3. The van der Waals surface area contributed by atoms with Gasteiger partial charge in [0, 0.05) is 6.54 Å². The van der Waals surface area contributed by atoms with Crippen LogP contribution in [0.3, 0.4) is 0 Å². The van der Waals surface area contributed by atoms with Crippen molar-refractivity contribution < 1.29 is 21.6 Å². The highest BCUT2D eigenvalue weighted by Crippen LogP contribution is 2.49. The third-order valence-electron chi connectivity index (χ3n) is 3.32. The van der Waals surface area contributed by atoms with Gasteiger partial charge in [-0.05, 0) is 32.2 Å². The van der Waals surface area contributed by atoms with Crippen molar-refractivity contribution in [3.8, 4) is 0 Å². The molecular formula is C9H15F3N2O2S. The van der Waals surface area contributed by atoms with E-state index in [-0.39, 0.29) is 19.4 Å². The second-order valence-electron chi connectivity index (χ2n) is 4.70. The monoisotopic (exact) mass is 272 g/mol. The second-order valence-corrected chi connectivity index (χ2v) is 6.66. The summed E-state index contributed by atoms with van der Waals surface area (Å²) in [6.07, 6.45) is -3.73. The molecule has 0 aromatic heterocycles. The molecule has 0 radical (unpaired) electrons. The van der Waals surface area contributed by atoms with Crippen LogP contribution in [0.5, 0.6) is 0 Å². The van der Waals surface area contributed by atoms with Gasteiger partial charge in [-0.2, -0.15) is 17.9 Å². The molecule has 0 spiro atoms. The Hall–Kier alpha value is -0.340. The molecule has 100 valence electrons. The van der Waals surface area contributed by atoms with Crippen molar-refractivity contribution in [3.63, 3.8) is 0 Å². The van der Waals surface area contributed by atoms with Crippen molar-refractivity contribution in [3.05, 3.63) is 0 Å². The largest absolute Gasteiger partial charge is 0.407 e. The number of piperidine rings is 1. The Labute approximate surface area is 98.0 Å². The van der Waals surface area contributed by atoms with Crippen molar-refractivity contribution in [1.29, 1.82) is 0 Å². The first-order valence-electron chi connectivity index (χ1n) is 5.57. The maximum absolute atomic E-state index is 12.7. The topological polar surface area (TPSA) is 58.2 Å². The van der Waals surface area contributed by atoms with Gasteiger partial charge in [-0.15, -0.1) is 0 Å². The van der Waals surface area contributed by atoms with Crippen molar-refractivity contribution in [2.75, 3.05) is 13.1 Å². The van der Waals surface area contributed by atoms with E-state index < -0.39 is 27.0 Å². The fourth-order valence-electron chi connectivity index (χ4n) is 2.01. The van der Waals surface area contributed by atoms with Crippen LogP contribution in [0.4, 0.5) is 13.2 Å². The SMILES string of the molecule is O=S(=O)(NC1(C(F)(F)F)CC1)C1CCCNC1. The zero-order chi connectivity index (χ0) is 12.7. The lowest BCUT2D eigenvalue weighted by molar-refractivity contribution is -0.160. The maximum Gasteiger partial charge on any atom is 0.407 e. The maximum atomic E-state index is 12.7. The molecule has 0 aromatic carbocycles. The standard InChI is InChI=1S/C9H15F3N2O2S/c10-9(11,12)8(3-4-8)14-17(15,16)7-2-1-5-13-6-7/h7,13-14H,1-6H2. The normalized spacial score (nSPS) is 29.0. The van der Waals surface area contributed by atoms with E-state index in [0.29, 0.717) is 12.8 Å². The van der Waals surface area contributed by atoms with E-state index in [1.165, 1.54) is 0 Å². The number of hydrogen-bond acceptors (Lipinski definition) is 3. The molecular weight excluding hydrogens is 257 g/mol. The first-order chi connectivity index (χ1) is 7.77. The van der Waals surface area contributed by atoms with Crippen LogP contribution >= 0.6 is 0 Å². The number of hydrogen-bond donors (Lipinski definition) is 2. The lowest BCUT2D eigenvalue weighted by Crippen LogP contribution is -2.53. The van der Waals surface area contributed by atoms with Crippen molar-refractivity contribution in [2.45, 2.75) is 42.6 Å². The van der Waals surface area contributed by atoms with Crippen molar-refractivity contribution in [2.24, 2.45) is 0 Å². The molecule has 0 aromatic rings. The average molecular weight is 272 g/mol. The summed E-state index contributed by atoms with van der Waals surface area (Å²) in [5.74, 6) is 0. The summed E-state index contributed by atoms with van der Waals surface area (Å²) >= 11 is 0. The summed E-state index contributed by atoms with van der Waals surface area (Å²) in [5.41, 5.74) is -2.19. The fraction of sp³-hybridized carbons (Fsp3) is 1.00. The van der Waals surface area contributed by atoms with Crippen LogP contribution < -0.4 is 10.0 Å². The van der Waals surface area contributed by atoms with Gasteiger partial charge < -0.3 is 5.32 Å². The Morgan fingerprint density at radius 3 is 2.35 bits per heavy atom. The number of rotatable bonds is 3. The lowest BCUT2D eigenvalue weighted by atomic mass is 10.2. The molecule has 1 saturated heterocycles. The van der Waals surface area contributed by atoms with Gasteiger partial charge in [0.1, 0.15) is 5.54 Å². The quantitative estimate of drug-likeness (QED) is 0.797. The molecule has 8 heteroatoms. The molecule has 1 aliphatic heterocycles. The lowest BCUT2D eigenvalue weighted by Gasteiger charge is -2.27. The predicted octanol–water partition coefficient (Wildman–Crippen LogP) is 0.753. The smallest absolute Gasteiger partial charge is 0.315 e. The summed E-state index contributed by atoms with van der Waals surface area (Å²) < 4.78 is 63.5. The first kappa shape index (κ1) is 13.1. The van der Waals surface area contributed by atoms with Crippen LogP contribution in [0.2, 0.25) is 0 Å². The third-order valence-corrected chi connectivity index (χ3v) is 5.28. The van der Waals surface area contributed by atoms with Gasteiger partial charge in [-0.25, -0.2) is 8.42 Å². The Balaban J connectivity index is 2.07. The van der Waals surface area contributed by atoms with E-state index in [2.05, 4.69) is 5.32 Å². The molecule has 1 heterocycles. The Morgan fingerprint density at radius 1 is 1.29 bits per heavy atom. The van der Waals surface area contributed by atoms with E-state index in [0.717, 1.165) is 6.54 Å². The minimum absolute atomic E-state index is 0.157. The van der Waals surface area contributed by atoms with Gasteiger partial charge in [0.25, 0.3) is 0 Å². The number of halogens is 3. The van der Waals surface area contributed by atoms with Gasteiger partial charge >= 0.3 is 6.18 Å². The van der Waals surface area contributed by atoms with Gasteiger partial charge in [-0.1, -0.05) is 0 Å². The molecule has 2 aliphatic rings. The molecule has 2 fully saturated rings. The molecule has 1 saturated carbocycles. The minimum atomic E-state index is -4.50. The molecule has 0 amide bonds. The van der Waals surface area contributed by atoms with Gasteiger partial charge in [-0.3, -0.25) is 0 Å². The van der Waals surface area contributed by atoms with Crippen LogP contribution in [0.1, 0.15) is 25.7 Å². The molecule has 4 nitrogen and oxygen atoms in total. The first-order valence-corrected chi connectivity index (χ1v) is 7.12. The number of sulfonamides is 1. The van der Waals surface area contributed by atoms with Crippen molar-refractivity contribution >= 4 is 10.0 Å². The third kappa shape index (κ3) is 2.58. The summed E-state index contributed by atoms with van der Waals surface area (Å²) in [7, 11) is -3.89. The van der Waals surface area contributed by atoms with Crippen LogP contribution in [-0.2, 0) is 10.0 Å². The summed E-state index contributed by atoms with van der Waals surface area (Å²) in [6.45, 7) is 0.944. The van der Waals surface area contributed by atoms with E-state index in [9.17, 15) is 21.6 Å².